The van der Waals surface area contributed by atoms with E-state index in [1.807, 2.05) is 0 Å². The van der Waals surface area contributed by atoms with Crippen molar-refractivity contribution >= 4 is 11.5 Å². The predicted molar refractivity (Wildman–Crippen MR) is 54.7 cm³/mol. The van der Waals surface area contributed by atoms with Crippen molar-refractivity contribution in [1.82, 2.24) is 0 Å². The minimum atomic E-state index is -5.20. The number of halogens is 5. The molecule has 5 nitrogen and oxygen atoms in total. The molecule has 0 bridgehead atoms. The van der Waals surface area contributed by atoms with Gasteiger partial charge in [-0.05, 0) is 19.1 Å². The molecule has 0 N–H and O–H groups in total. The summed E-state index contributed by atoms with van der Waals surface area (Å²) in [5.41, 5.74) is -4.28. The second-order valence-electron chi connectivity index (χ2n) is 3.56. The molecule has 0 radical (unpaired) electrons. The molecule has 110 valence electrons. The van der Waals surface area contributed by atoms with Crippen molar-refractivity contribution in [3.8, 4) is 5.75 Å². The molecular formula is C10H6F5NO4. The Morgan fingerprint density at radius 1 is 1.35 bits per heavy atom. The molecule has 0 heterocycles. The Bertz CT molecular complexity index is 555. The van der Waals surface area contributed by atoms with Crippen molar-refractivity contribution in [3.05, 3.63) is 33.4 Å². The summed E-state index contributed by atoms with van der Waals surface area (Å²) < 4.78 is 65.9. The van der Waals surface area contributed by atoms with Crippen LogP contribution in [0.25, 0.3) is 0 Å². The fraction of sp³-hybridized carbons (Fsp3) is 0.300. The summed E-state index contributed by atoms with van der Waals surface area (Å²) in [5.74, 6) is -2.06. The van der Waals surface area contributed by atoms with Crippen LogP contribution < -0.4 is 4.74 Å². The van der Waals surface area contributed by atoms with E-state index < -0.39 is 46.1 Å². The van der Waals surface area contributed by atoms with Gasteiger partial charge < -0.3 is 4.74 Å². The monoisotopic (exact) mass is 299 g/mol. The van der Waals surface area contributed by atoms with Gasteiger partial charge in [0.1, 0.15) is 11.3 Å². The molecular weight excluding hydrogens is 293 g/mol. The fourth-order valence-corrected chi connectivity index (χ4v) is 1.46. The molecule has 10 heteroatoms. The zero-order valence-electron chi connectivity index (χ0n) is 9.70. The number of rotatable bonds is 4. The van der Waals surface area contributed by atoms with E-state index in [1.54, 1.807) is 0 Å². The molecule has 1 aromatic carbocycles. The van der Waals surface area contributed by atoms with Gasteiger partial charge in [0.05, 0.1) is 10.5 Å². The van der Waals surface area contributed by atoms with E-state index in [9.17, 15) is 36.9 Å². The van der Waals surface area contributed by atoms with E-state index in [2.05, 4.69) is 4.74 Å². The summed E-state index contributed by atoms with van der Waals surface area (Å²) in [7, 11) is 0. The van der Waals surface area contributed by atoms with Gasteiger partial charge in [0, 0.05) is 0 Å². The van der Waals surface area contributed by atoms with Crippen LogP contribution in [0.1, 0.15) is 22.8 Å². The average molecular weight is 299 g/mol. The SMILES string of the molecule is CC(=O)c1cc(OC(F)F)cc(C(F)(F)F)c1[N+](=O)[O-]. The Hall–Kier alpha value is -2.26. The molecule has 0 aliphatic carbocycles. The van der Waals surface area contributed by atoms with Crippen molar-refractivity contribution in [1.29, 1.82) is 0 Å². The van der Waals surface area contributed by atoms with E-state index in [-0.39, 0.29) is 6.07 Å². The Balaban J connectivity index is 3.64. The van der Waals surface area contributed by atoms with Crippen LogP contribution in [-0.2, 0) is 6.18 Å². The van der Waals surface area contributed by atoms with Gasteiger partial charge in [-0.25, -0.2) is 0 Å². The van der Waals surface area contributed by atoms with E-state index >= 15 is 0 Å². The van der Waals surface area contributed by atoms with E-state index in [0.717, 1.165) is 6.92 Å². The molecule has 0 spiro atoms. The van der Waals surface area contributed by atoms with Crippen molar-refractivity contribution in [2.45, 2.75) is 19.7 Å². The molecule has 0 aromatic heterocycles. The van der Waals surface area contributed by atoms with Crippen LogP contribution in [0.15, 0.2) is 12.1 Å². The van der Waals surface area contributed by atoms with Crippen molar-refractivity contribution in [3.63, 3.8) is 0 Å². The second kappa shape index (κ2) is 5.39. The van der Waals surface area contributed by atoms with Crippen LogP contribution >= 0.6 is 0 Å². The molecule has 20 heavy (non-hydrogen) atoms. The summed E-state index contributed by atoms with van der Waals surface area (Å²) >= 11 is 0. The fourth-order valence-electron chi connectivity index (χ4n) is 1.46. The standard InChI is InChI=1S/C10H6F5NO4/c1-4(17)6-2-5(20-9(11)12)3-7(10(13,14)15)8(6)16(18)19/h2-3,9H,1H3. The third kappa shape index (κ3) is 3.39. The Labute approximate surface area is 108 Å². The number of hydrogen-bond acceptors (Lipinski definition) is 4. The second-order valence-corrected chi connectivity index (χ2v) is 3.56. The van der Waals surface area contributed by atoms with Crippen molar-refractivity contribution in [2.24, 2.45) is 0 Å². The lowest BCUT2D eigenvalue weighted by atomic mass is 10.0. The zero-order valence-corrected chi connectivity index (χ0v) is 9.70. The first-order chi connectivity index (χ1) is 9.04. The lowest BCUT2D eigenvalue weighted by molar-refractivity contribution is -0.388. The van der Waals surface area contributed by atoms with Crippen LogP contribution in [0.2, 0.25) is 0 Å². The first-order valence-electron chi connectivity index (χ1n) is 4.89. The maximum Gasteiger partial charge on any atom is 0.423 e. The summed E-state index contributed by atoms with van der Waals surface area (Å²) in [5, 5.41) is 10.7. The van der Waals surface area contributed by atoms with Gasteiger partial charge >= 0.3 is 12.8 Å². The first kappa shape index (κ1) is 15.8. The number of nitro groups is 1. The molecule has 1 rings (SSSR count). The Morgan fingerprint density at radius 3 is 2.25 bits per heavy atom. The van der Waals surface area contributed by atoms with Gasteiger partial charge in [-0.2, -0.15) is 22.0 Å². The van der Waals surface area contributed by atoms with Gasteiger partial charge in [-0.1, -0.05) is 0 Å². The maximum absolute atomic E-state index is 12.7. The lowest BCUT2D eigenvalue weighted by Gasteiger charge is -2.12. The van der Waals surface area contributed by atoms with Crippen LogP contribution in [0, 0.1) is 10.1 Å². The molecule has 0 amide bonds. The summed E-state index contributed by atoms with van der Waals surface area (Å²) in [4.78, 5) is 20.5. The summed E-state index contributed by atoms with van der Waals surface area (Å²) in [6, 6.07) is 0.526. The first-order valence-corrected chi connectivity index (χ1v) is 4.89. The average Bonchev–Trinajstić information content (AvgIpc) is 2.25. The minimum absolute atomic E-state index is 0.0523. The third-order valence-corrected chi connectivity index (χ3v) is 2.18. The quantitative estimate of drug-likeness (QED) is 0.370. The maximum atomic E-state index is 12.7. The third-order valence-electron chi connectivity index (χ3n) is 2.18. The minimum Gasteiger partial charge on any atom is -0.435 e. The van der Waals surface area contributed by atoms with Crippen molar-refractivity contribution < 1.29 is 36.4 Å². The number of benzene rings is 1. The topological polar surface area (TPSA) is 69.4 Å². The van der Waals surface area contributed by atoms with E-state index in [0.29, 0.717) is 6.07 Å². The zero-order chi connectivity index (χ0) is 15.7. The smallest absolute Gasteiger partial charge is 0.423 e. The highest BCUT2D eigenvalue weighted by atomic mass is 19.4. The predicted octanol–water partition coefficient (Wildman–Crippen LogP) is 3.42. The van der Waals surface area contributed by atoms with E-state index in [1.165, 1.54) is 0 Å². The van der Waals surface area contributed by atoms with Crippen LogP contribution in [-0.4, -0.2) is 17.3 Å². The largest absolute Gasteiger partial charge is 0.435 e. The van der Waals surface area contributed by atoms with E-state index in [4.69, 9.17) is 0 Å². The highest BCUT2D eigenvalue weighted by molar-refractivity contribution is 5.99. The normalized spacial score (nSPS) is 11.6. The molecule has 0 aliphatic heterocycles. The lowest BCUT2D eigenvalue weighted by Crippen LogP contribution is -2.14. The van der Waals surface area contributed by atoms with Crippen LogP contribution in [0.3, 0.4) is 0 Å². The number of ether oxygens (including phenoxy) is 1. The van der Waals surface area contributed by atoms with Gasteiger partial charge in [0.25, 0.3) is 5.69 Å². The molecule has 0 saturated heterocycles. The summed E-state index contributed by atoms with van der Waals surface area (Å²) in [6.45, 7) is -2.66. The molecule has 0 atom stereocenters. The Morgan fingerprint density at radius 2 is 1.90 bits per heavy atom. The molecule has 0 aliphatic rings. The van der Waals surface area contributed by atoms with Crippen LogP contribution in [0.5, 0.6) is 5.75 Å². The number of carbonyl (C=O) groups excluding carboxylic acids is 1. The highest BCUT2D eigenvalue weighted by Gasteiger charge is 2.41. The number of nitro benzene ring substituents is 1. The van der Waals surface area contributed by atoms with Gasteiger partial charge in [-0.3, -0.25) is 14.9 Å². The number of carbonyl (C=O) groups is 1. The van der Waals surface area contributed by atoms with Crippen molar-refractivity contribution in [2.75, 3.05) is 0 Å². The molecule has 1 aromatic rings. The summed E-state index contributed by atoms with van der Waals surface area (Å²) in [6.07, 6.45) is -5.20. The number of alkyl halides is 5. The molecule has 0 saturated carbocycles. The number of Topliss-reactive ketones (excluding diaryl/α,β-unsaturated/α-hetero) is 1. The van der Waals surface area contributed by atoms with Crippen LogP contribution in [0.4, 0.5) is 27.6 Å². The van der Waals surface area contributed by atoms with Gasteiger partial charge in [-0.15, -0.1) is 0 Å². The highest BCUT2D eigenvalue weighted by Crippen LogP contribution is 2.41. The molecule has 0 unspecified atom stereocenters. The number of nitrogens with zero attached hydrogens (tertiary/aromatic N) is 1. The number of hydrogen-bond donors (Lipinski definition) is 0. The number of ketones is 1. The van der Waals surface area contributed by atoms with Gasteiger partial charge in [0.15, 0.2) is 5.78 Å². The molecule has 0 fully saturated rings. The Kier molecular flexibility index (Phi) is 4.26. The van der Waals surface area contributed by atoms with Gasteiger partial charge in [0.2, 0.25) is 0 Å².